The van der Waals surface area contributed by atoms with Gasteiger partial charge in [-0.3, -0.25) is 0 Å². The van der Waals surface area contributed by atoms with Gasteiger partial charge in [0.05, 0.1) is 5.60 Å². The highest BCUT2D eigenvalue weighted by molar-refractivity contribution is 5.23. The number of hydrogen-bond donors (Lipinski definition) is 1. The maximum atomic E-state index is 10.1. The predicted molar refractivity (Wildman–Crippen MR) is 42.6 cm³/mol. The van der Waals surface area contributed by atoms with E-state index >= 15 is 0 Å². The van der Waals surface area contributed by atoms with Crippen molar-refractivity contribution in [1.29, 1.82) is 0 Å². The van der Waals surface area contributed by atoms with Crippen molar-refractivity contribution in [3.05, 3.63) is 12.3 Å². The third-order valence-electron chi connectivity index (χ3n) is 3.53. The molecule has 0 aromatic rings. The maximum absolute atomic E-state index is 10.1. The Kier molecular flexibility index (Phi) is 1.07. The summed E-state index contributed by atoms with van der Waals surface area (Å²) in [6.45, 7) is 0. The van der Waals surface area contributed by atoms with Gasteiger partial charge < -0.3 is 5.11 Å². The van der Waals surface area contributed by atoms with Crippen LogP contribution >= 0.6 is 0 Å². The zero-order chi connectivity index (χ0) is 7.47. The molecule has 3 unspecified atom stereocenters. The molecule has 2 radical (unpaired) electrons. The molecule has 0 saturated heterocycles. The van der Waals surface area contributed by atoms with Crippen LogP contribution in [-0.4, -0.2) is 10.7 Å². The molecule has 0 amide bonds. The third-order valence-corrected chi connectivity index (χ3v) is 3.53. The Bertz CT molecular complexity index is 150. The molecule has 0 heterocycles. The van der Waals surface area contributed by atoms with E-state index in [1.54, 1.807) is 5.92 Å². The lowest BCUT2D eigenvalue weighted by atomic mass is 9.54. The highest BCUT2D eigenvalue weighted by Gasteiger charge is 2.50. The molecule has 4 rings (SSSR count). The second-order valence-corrected chi connectivity index (χ2v) is 4.70. The Balaban J connectivity index is 1.94. The average molecular weight is 150 g/mol. The van der Waals surface area contributed by atoms with Crippen molar-refractivity contribution in [2.45, 2.75) is 37.7 Å². The van der Waals surface area contributed by atoms with E-state index in [1.165, 1.54) is 12.8 Å². The minimum atomic E-state index is -0.268. The molecule has 0 aromatic heterocycles. The molecule has 4 aliphatic rings. The van der Waals surface area contributed by atoms with E-state index in [9.17, 15) is 5.11 Å². The molecular formula is C10H14O. The third kappa shape index (κ3) is 0.868. The summed E-state index contributed by atoms with van der Waals surface area (Å²) in [6.07, 6.45) is 8.18. The lowest BCUT2D eigenvalue weighted by molar-refractivity contribution is -0.0703. The van der Waals surface area contributed by atoms with Crippen LogP contribution in [0.2, 0.25) is 0 Å². The first-order valence-corrected chi connectivity index (χ1v) is 4.65. The summed E-state index contributed by atoms with van der Waals surface area (Å²) in [5.41, 5.74) is -0.268. The van der Waals surface area contributed by atoms with Crippen molar-refractivity contribution in [2.24, 2.45) is 11.8 Å². The zero-order valence-electron chi connectivity index (χ0n) is 6.71. The van der Waals surface area contributed by atoms with E-state index in [4.69, 9.17) is 0 Å². The fourth-order valence-electron chi connectivity index (χ4n) is 3.46. The Morgan fingerprint density at radius 2 is 2.36 bits per heavy atom. The normalized spacial score (nSPS) is 55.4. The first-order valence-electron chi connectivity index (χ1n) is 4.65. The maximum Gasteiger partial charge on any atom is 0.0658 e. The van der Waals surface area contributed by atoms with Crippen LogP contribution in [0, 0.1) is 24.2 Å². The van der Waals surface area contributed by atoms with E-state index in [2.05, 4.69) is 6.42 Å². The van der Waals surface area contributed by atoms with E-state index in [1.807, 2.05) is 0 Å². The predicted octanol–water partition coefficient (Wildman–Crippen LogP) is 1.72. The van der Waals surface area contributed by atoms with Gasteiger partial charge in [0.2, 0.25) is 0 Å². The van der Waals surface area contributed by atoms with E-state index in [-0.39, 0.29) is 5.60 Å². The topological polar surface area (TPSA) is 20.2 Å². The summed E-state index contributed by atoms with van der Waals surface area (Å²) in [7, 11) is 0. The van der Waals surface area contributed by atoms with Crippen LogP contribution in [0.3, 0.4) is 0 Å². The monoisotopic (exact) mass is 150 g/mol. The lowest BCUT2D eigenvalue weighted by Crippen LogP contribution is -2.49. The fraction of sp³-hybridized carbons (Fsp3) is 0.800. The molecule has 4 aliphatic carbocycles. The van der Waals surface area contributed by atoms with Gasteiger partial charge in [-0.05, 0) is 56.3 Å². The SMILES string of the molecule is OC12C[C]3[CH]C(CC(C3)C1)C2. The minimum absolute atomic E-state index is 0.268. The Hall–Kier alpha value is -0.0400. The van der Waals surface area contributed by atoms with E-state index < -0.39 is 0 Å². The first kappa shape index (κ1) is 6.47. The van der Waals surface area contributed by atoms with Crippen molar-refractivity contribution in [3.63, 3.8) is 0 Å². The summed E-state index contributed by atoms with van der Waals surface area (Å²) in [6, 6.07) is 0. The van der Waals surface area contributed by atoms with Crippen LogP contribution in [0.4, 0.5) is 0 Å². The first-order chi connectivity index (χ1) is 5.23. The molecular weight excluding hydrogens is 136 g/mol. The smallest absolute Gasteiger partial charge is 0.0658 e. The number of hydrogen-bond acceptors (Lipinski definition) is 1. The van der Waals surface area contributed by atoms with Crippen LogP contribution in [0.25, 0.3) is 0 Å². The van der Waals surface area contributed by atoms with Gasteiger partial charge in [-0.25, -0.2) is 0 Å². The lowest BCUT2D eigenvalue weighted by Gasteiger charge is -2.53. The van der Waals surface area contributed by atoms with Gasteiger partial charge >= 0.3 is 0 Å². The van der Waals surface area contributed by atoms with E-state index in [0.29, 0.717) is 0 Å². The Labute approximate surface area is 67.8 Å². The Morgan fingerprint density at radius 1 is 1.45 bits per heavy atom. The molecule has 3 atom stereocenters. The van der Waals surface area contributed by atoms with Crippen LogP contribution in [0.1, 0.15) is 32.1 Å². The fourth-order valence-corrected chi connectivity index (χ4v) is 3.46. The van der Waals surface area contributed by atoms with Crippen LogP contribution < -0.4 is 0 Å². The molecule has 0 aliphatic heterocycles. The van der Waals surface area contributed by atoms with Gasteiger partial charge in [0.25, 0.3) is 0 Å². The highest BCUT2D eigenvalue weighted by Crippen LogP contribution is 2.55. The van der Waals surface area contributed by atoms with Crippen molar-refractivity contribution >= 4 is 0 Å². The second kappa shape index (κ2) is 1.82. The molecule has 4 fully saturated rings. The minimum Gasteiger partial charge on any atom is -0.390 e. The van der Waals surface area contributed by atoms with Gasteiger partial charge in [-0.2, -0.15) is 0 Å². The summed E-state index contributed by atoms with van der Waals surface area (Å²) in [4.78, 5) is 0. The molecule has 1 N–H and O–H groups in total. The Morgan fingerprint density at radius 3 is 3.00 bits per heavy atom. The van der Waals surface area contributed by atoms with Gasteiger partial charge in [0.1, 0.15) is 0 Å². The molecule has 1 heteroatoms. The molecule has 11 heavy (non-hydrogen) atoms. The number of rotatable bonds is 0. The molecule has 0 aromatic carbocycles. The van der Waals surface area contributed by atoms with Gasteiger partial charge in [-0.15, -0.1) is 0 Å². The van der Waals surface area contributed by atoms with Crippen molar-refractivity contribution < 1.29 is 5.11 Å². The van der Waals surface area contributed by atoms with Gasteiger partial charge in [-0.1, -0.05) is 0 Å². The van der Waals surface area contributed by atoms with Gasteiger partial charge in [0.15, 0.2) is 0 Å². The second-order valence-electron chi connectivity index (χ2n) is 4.70. The molecule has 4 bridgehead atoms. The molecule has 4 saturated carbocycles. The summed E-state index contributed by atoms with van der Waals surface area (Å²) < 4.78 is 0. The average Bonchev–Trinajstić information content (AvgIpc) is 1.79. The van der Waals surface area contributed by atoms with Crippen molar-refractivity contribution in [2.75, 3.05) is 0 Å². The molecule has 0 spiro atoms. The van der Waals surface area contributed by atoms with Crippen LogP contribution in [-0.2, 0) is 0 Å². The number of aliphatic hydroxyl groups is 1. The quantitative estimate of drug-likeness (QED) is 0.557. The highest BCUT2D eigenvalue weighted by atomic mass is 16.3. The molecule has 60 valence electrons. The van der Waals surface area contributed by atoms with Crippen LogP contribution in [0.15, 0.2) is 0 Å². The standard InChI is InChI=1S/C10H14O/c11-10-4-7-1-8(5-10)3-9(2-7)6-10/h1,7,9,11H,2-6H2. The summed E-state index contributed by atoms with van der Waals surface area (Å²) >= 11 is 0. The molecule has 1 nitrogen and oxygen atoms in total. The van der Waals surface area contributed by atoms with Crippen molar-refractivity contribution in [3.8, 4) is 0 Å². The largest absolute Gasteiger partial charge is 0.390 e. The zero-order valence-corrected chi connectivity index (χ0v) is 6.71. The van der Waals surface area contributed by atoms with Crippen LogP contribution in [0.5, 0.6) is 0 Å². The summed E-state index contributed by atoms with van der Waals surface area (Å²) in [5, 5.41) is 10.1. The van der Waals surface area contributed by atoms with Gasteiger partial charge in [0, 0.05) is 0 Å². The summed E-state index contributed by atoms with van der Waals surface area (Å²) in [5.74, 6) is 3.11. The van der Waals surface area contributed by atoms with Crippen molar-refractivity contribution in [1.82, 2.24) is 0 Å². The van der Waals surface area contributed by atoms with E-state index in [0.717, 1.165) is 31.1 Å².